The number of aryl methyl sites for hydroxylation is 1. The van der Waals surface area contributed by atoms with E-state index >= 15 is 0 Å². The van der Waals surface area contributed by atoms with Gasteiger partial charge in [0.15, 0.2) is 0 Å². The summed E-state index contributed by atoms with van der Waals surface area (Å²) in [6, 6.07) is 28.3. The van der Waals surface area contributed by atoms with Crippen LogP contribution in [-0.2, 0) is 32.6 Å². The van der Waals surface area contributed by atoms with Gasteiger partial charge in [0.05, 0.1) is 15.6 Å². The molecule has 0 saturated carbocycles. The molecule has 0 spiro atoms. The fraction of sp³-hybridized carbons (Fsp3) is 0.235. The Hall–Kier alpha value is -3.85. The number of nitrogens with one attached hydrogen (secondary N) is 1. The van der Waals surface area contributed by atoms with Gasteiger partial charge in [-0.3, -0.25) is 13.9 Å². The van der Waals surface area contributed by atoms with E-state index in [4.69, 9.17) is 23.2 Å². The van der Waals surface area contributed by atoms with E-state index in [1.807, 2.05) is 68.4 Å². The Bertz CT molecular complexity index is 1690. The van der Waals surface area contributed by atoms with E-state index < -0.39 is 28.5 Å². The first-order valence-electron chi connectivity index (χ1n) is 14.3. The van der Waals surface area contributed by atoms with E-state index in [9.17, 15) is 18.0 Å². The van der Waals surface area contributed by atoms with Crippen molar-refractivity contribution in [2.45, 2.75) is 44.2 Å². The third-order valence-electron chi connectivity index (χ3n) is 7.21. The fourth-order valence-corrected chi connectivity index (χ4v) is 6.68. The molecule has 2 amide bonds. The van der Waals surface area contributed by atoms with Crippen LogP contribution in [0.15, 0.2) is 108 Å². The maximum Gasteiger partial charge on any atom is 0.264 e. The van der Waals surface area contributed by atoms with Gasteiger partial charge in [0.1, 0.15) is 12.6 Å². The fourth-order valence-electron chi connectivity index (χ4n) is 4.80. The largest absolute Gasteiger partial charge is 0.354 e. The van der Waals surface area contributed by atoms with Gasteiger partial charge >= 0.3 is 0 Å². The molecule has 0 aliphatic rings. The highest BCUT2D eigenvalue weighted by molar-refractivity contribution is 7.92. The van der Waals surface area contributed by atoms with Crippen LogP contribution in [0.3, 0.4) is 0 Å². The smallest absolute Gasteiger partial charge is 0.264 e. The summed E-state index contributed by atoms with van der Waals surface area (Å²) in [5, 5.41) is 3.30. The summed E-state index contributed by atoms with van der Waals surface area (Å²) in [6.07, 6.45) is 0.948. The molecule has 0 heterocycles. The molecule has 10 heteroatoms. The minimum absolute atomic E-state index is 0.0178. The summed E-state index contributed by atoms with van der Waals surface area (Å²) >= 11 is 12.8. The molecule has 0 radical (unpaired) electrons. The molecule has 7 nitrogen and oxygen atoms in total. The van der Waals surface area contributed by atoms with Crippen LogP contribution in [0.1, 0.15) is 30.0 Å². The van der Waals surface area contributed by atoms with Gasteiger partial charge in [-0.15, -0.1) is 0 Å². The molecule has 230 valence electrons. The molecule has 4 rings (SSSR count). The van der Waals surface area contributed by atoms with Crippen LogP contribution in [0.5, 0.6) is 0 Å². The zero-order chi connectivity index (χ0) is 31.7. The molecule has 1 N–H and O–H groups in total. The second-order valence-electron chi connectivity index (χ2n) is 10.4. The number of anilines is 1. The summed E-state index contributed by atoms with van der Waals surface area (Å²) in [7, 11) is -4.28. The number of nitrogens with zero attached hydrogens (tertiary/aromatic N) is 2. The Labute approximate surface area is 269 Å². The molecule has 4 aromatic carbocycles. The Kier molecular flexibility index (Phi) is 11.4. The van der Waals surface area contributed by atoms with Gasteiger partial charge in [0.25, 0.3) is 10.0 Å². The maximum absolute atomic E-state index is 14.5. The van der Waals surface area contributed by atoms with Gasteiger partial charge in [0.2, 0.25) is 11.8 Å². The number of amides is 2. The van der Waals surface area contributed by atoms with Crippen molar-refractivity contribution in [3.63, 3.8) is 0 Å². The zero-order valence-corrected chi connectivity index (χ0v) is 26.9. The average Bonchev–Trinajstić information content (AvgIpc) is 3.03. The summed E-state index contributed by atoms with van der Waals surface area (Å²) in [6.45, 7) is 3.78. The highest BCUT2D eigenvalue weighted by Crippen LogP contribution is 2.33. The monoisotopic (exact) mass is 651 g/mol. The van der Waals surface area contributed by atoms with Crippen molar-refractivity contribution in [2.24, 2.45) is 0 Å². The van der Waals surface area contributed by atoms with Gasteiger partial charge in [-0.2, -0.15) is 0 Å². The third-order valence-corrected chi connectivity index (χ3v) is 9.54. The molecule has 1 unspecified atom stereocenters. The number of halogens is 2. The van der Waals surface area contributed by atoms with E-state index in [-0.39, 0.29) is 39.5 Å². The Morgan fingerprint density at radius 1 is 0.864 bits per heavy atom. The van der Waals surface area contributed by atoms with Crippen LogP contribution < -0.4 is 9.62 Å². The lowest BCUT2D eigenvalue weighted by Crippen LogP contribution is -2.53. The second-order valence-corrected chi connectivity index (χ2v) is 13.1. The van der Waals surface area contributed by atoms with E-state index in [1.54, 1.807) is 24.3 Å². The summed E-state index contributed by atoms with van der Waals surface area (Å²) in [5.74, 6) is -0.896. The molecule has 44 heavy (non-hydrogen) atoms. The van der Waals surface area contributed by atoms with Gasteiger partial charge in [-0.05, 0) is 60.4 Å². The zero-order valence-electron chi connectivity index (χ0n) is 24.6. The van der Waals surface area contributed by atoms with Crippen LogP contribution >= 0.6 is 23.2 Å². The maximum atomic E-state index is 14.5. The average molecular weight is 653 g/mol. The summed E-state index contributed by atoms with van der Waals surface area (Å²) in [4.78, 5) is 29.7. The number of hydrogen-bond acceptors (Lipinski definition) is 4. The first-order valence-corrected chi connectivity index (χ1v) is 16.5. The SMILES string of the molecule is CCCNC(=O)C(Cc1ccccc1)N(Cc1ccccc1C)C(=O)CN(c1cc(Cl)ccc1Cl)S(=O)(=O)c1ccccc1. The molecule has 0 aliphatic heterocycles. The number of carbonyl (C=O) groups excluding carboxylic acids is 2. The van der Waals surface area contributed by atoms with E-state index in [0.29, 0.717) is 13.0 Å². The van der Waals surface area contributed by atoms with Crippen molar-refractivity contribution in [2.75, 3.05) is 17.4 Å². The van der Waals surface area contributed by atoms with Crippen molar-refractivity contribution in [1.82, 2.24) is 10.2 Å². The van der Waals surface area contributed by atoms with Crippen molar-refractivity contribution >= 4 is 50.7 Å². The Balaban J connectivity index is 1.83. The van der Waals surface area contributed by atoms with Gasteiger partial charge in [-0.1, -0.05) is 103 Å². The first kappa shape index (κ1) is 33.1. The topological polar surface area (TPSA) is 86.8 Å². The lowest BCUT2D eigenvalue weighted by Gasteiger charge is -2.34. The van der Waals surface area contributed by atoms with Gasteiger partial charge in [0, 0.05) is 24.5 Å². The van der Waals surface area contributed by atoms with E-state index in [2.05, 4.69) is 5.32 Å². The lowest BCUT2D eigenvalue weighted by molar-refractivity contribution is -0.140. The van der Waals surface area contributed by atoms with Gasteiger partial charge in [-0.25, -0.2) is 8.42 Å². The Morgan fingerprint density at radius 2 is 1.50 bits per heavy atom. The molecule has 0 bridgehead atoms. The molecule has 0 saturated heterocycles. The molecule has 1 atom stereocenters. The third kappa shape index (κ3) is 8.20. The lowest BCUT2D eigenvalue weighted by atomic mass is 10.0. The minimum atomic E-state index is -4.28. The van der Waals surface area contributed by atoms with Gasteiger partial charge < -0.3 is 10.2 Å². The number of carbonyl (C=O) groups is 2. The number of hydrogen-bond donors (Lipinski definition) is 1. The Morgan fingerprint density at radius 3 is 2.16 bits per heavy atom. The number of rotatable bonds is 13. The van der Waals surface area contributed by atoms with Crippen LogP contribution in [0, 0.1) is 6.92 Å². The molecule has 0 aliphatic carbocycles. The van der Waals surface area contributed by atoms with Crippen molar-refractivity contribution < 1.29 is 18.0 Å². The van der Waals surface area contributed by atoms with Crippen LogP contribution in [0.4, 0.5) is 5.69 Å². The quantitative estimate of drug-likeness (QED) is 0.175. The van der Waals surface area contributed by atoms with Crippen LogP contribution in [-0.4, -0.2) is 44.3 Å². The van der Waals surface area contributed by atoms with Crippen molar-refractivity contribution in [1.29, 1.82) is 0 Å². The predicted octanol–water partition coefficient (Wildman–Crippen LogP) is 6.66. The highest BCUT2D eigenvalue weighted by Gasteiger charge is 2.35. The highest BCUT2D eigenvalue weighted by atomic mass is 35.5. The number of benzene rings is 4. The second kappa shape index (κ2) is 15.2. The van der Waals surface area contributed by atoms with Crippen LogP contribution in [0.25, 0.3) is 0 Å². The molecule has 0 aromatic heterocycles. The standard InChI is InChI=1S/C34H35Cl2N3O4S/c1-3-20-37-34(41)32(21-26-13-6-4-7-14-26)38(23-27-15-11-10-12-25(27)2)33(40)24-39(31-22-28(35)18-19-30(31)36)44(42,43)29-16-8-5-9-17-29/h4-19,22,32H,3,20-21,23-24H2,1-2H3,(H,37,41). The van der Waals surface area contributed by atoms with Crippen LogP contribution in [0.2, 0.25) is 10.0 Å². The first-order chi connectivity index (χ1) is 21.1. The minimum Gasteiger partial charge on any atom is -0.354 e. The normalized spacial score (nSPS) is 11.9. The number of sulfonamides is 1. The predicted molar refractivity (Wildman–Crippen MR) is 176 cm³/mol. The summed E-state index contributed by atoms with van der Waals surface area (Å²) in [5.41, 5.74) is 2.69. The molecule has 0 fully saturated rings. The molecular weight excluding hydrogens is 617 g/mol. The molecular formula is C34H35Cl2N3O4S. The van der Waals surface area contributed by atoms with Crippen molar-refractivity contribution in [3.05, 3.63) is 130 Å². The summed E-state index contributed by atoms with van der Waals surface area (Å²) < 4.78 is 29.1. The van der Waals surface area contributed by atoms with E-state index in [1.165, 1.54) is 29.2 Å². The molecule has 4 aromatic rings. The van der Waals surface area contributed by atoms with Crippen molar-refractivity contribution in [3.8, 4) is 0 Å². The van der Waals surface area contributed by atoms with E-state index in [0.717, 1.165) is 21.0 Å².